The van der Waals surface area contributed by atoms with Gasteiger partial charge in [-0.1, -0.05) is 41.4 Å². The molecule has 0 bridgehead atoms. The number of nitrogens with one attached hydrogen (secondary N) is 1. The van der Waals surface area contributed by atoms with E-state index in [-0.39, 0.29) is 11.9 Å². The fourth-order valence-electron chi connectivity index (χ4n) is 3.16. The number of benzene rings is 1. The Morgan fingerprint density at radius 3 is 2.63 bits per heavy atom. The largest absolute Gasteiger partial charge is 0.468 e. The number of aryl methyl sites for hydroxylation is 2. The Balaban J connectivity index is 1.64. The lowest BCUT2D eigenvalue weighted by Gasteiger charge is -2.22. The predicted octanol–water partition coefficient (Wildman–Crippen LogP) is 4.23. The molecule has 1 amide bonds. The number of furan rings is 1. The Morgan fingerprint density at radius 1 is 1.27 bits per heavy atom. The average Bonchev–Trinajstić information content (AvgIpc) is 3.31. The molecule has 1 aromatic carbocycles. The van der Waals surface area contributed by atoms with Crippen molar-refractivity contribution < 1.29 is 9.21 Å². The smallest absolute Gasteiger partial charge is 0.244 e. The Bertz CT molecular complexity index is 1000. The SMILES string of the molecule is Cc1ccc(Cn2nc(C)c(/C=C/C(=O)NCC(c3ccco3)N(C)C)c2Cl)cc1. The van der Waals surface area contributed by atoms with Gasteiger partial charge >= 0.3 is 0 Å². The molecule has 30 heavy (non-hydrogen) atoms. The summed E-state index contributed by atoms with van der Waals surface area (Å²) in [5, 5.41) is 7.95. The van der Waals surface area contributed by atoms with Gasteiger partial charge in [0.25, 0.3) is 0 Å². The zero-order chi connectivity index (χ0) is 21.7. The van der Waals surface area contributed by atoms with Crippen LogP contribution in [-0.4, -0.2) is 41.2 Å². The summed E-state index contributed by atoms with van der Waals surface area (Å²) >= 11 is 6.53. The van der Waals surface area contributed by atoms with E-state index >= 15 is 0 Å². The van der Waals surface area contributed by atoms with Crippen molar-refractivity contribution in [2.75, 3.05) is 20.6 Å². The third-order valence-electron chi connectivity index (χ3n) is 4.93. The Hall–Kier alpha value is -2.83. The normalized spacial score (nSPS) is 12.6. The van der Waals surface area contributed by atoms with E-state index in [1.165, 1.54) is 11.6 Å². The quantitative estimate of drug-likeness (QED) is 0.547. The van der Waals surface area contributed by atoms with Crippen LogP contribution in [0.1, 0.15) is 34.2 Å². The molecule has 158 valence electrons. The summed E-state index contributed by atoms with van der Waals surface area (Å²) in [4.78, 5) is 14.3. The molecular formula is C23H27ClN4O2. The topological polar surface area (TPSA) is 63.3 Å². The van der Waals surface area contributed by atoms with E-state index in [0.29, 0.717) is 18.2 Å². The zero-order valence-corrected chi connectivity index (χ0v) is 18.5. The second-order valence-electron chi connectivity index (χ2n) is 7.51. The molecule has 3 aromatic rings. The number of nitrogens with zero attached hydrogens (tertiary/aromatic N) is 3. The average molecular weight is 427 g/mol. The molecule has 7 heteroatoms. The Morgan fingerprint density at radius 2 is 2.00 bits per heavy atom. The molecule has 0 aliphatic heterocycles. The predicted molar refractivity (Wildman–Crippen MR) is 119 cm³/mol. The highest BCUT2D eigenvalue weighted by Crippen LogP contribution is 2.22. The maximum Gasteiger partial charge on any atom is 0.244 e. The van der Waals surface area contributed by atoms with Gasteiger partial charge in [-0.3, -0.25) is 9.69 Å². The van der Waals surface area contributed by atoms with E-state index in [9.17, 15) is 4.79 Å². The lowest BCUT2D eigenvalue weighted by atomic mass is 10.1. The second kappa shape index (κ2) is 9.78. The number of amides is 1. The third-order valence-corrected chi connectivity index (χ3v) is 5.33. The minimum Gasteiger partial charge on any atom is -0.468 e. The van der Waals surface area contributed by atoms with Crippen molar-refractivity contribution in [2.24, 2.45) is 0 Å². The Labute approximate surface area is 182 Å². The molecule has 0 aliphatic rings. The lowest BCUT2D eigenvalue weighted by Crippen LogP contribution is -2.33. The van der Waals surface area contributed by atoms with Gasteiger partial charge in [-0.2, -0.15) is 5.10 Å². The highest BCUT2D eigenvalue weighted by molar-refractivity contribution is 6.31. The van der Waals surface area contributed by atoms with E-state index in [4.69, 9.17) is 16.0 Å². The van der Waals surface area contributed by atoms with Gasteiger partial charge in [-0.05, 0) is 51.7 Å². The molecule has 1 atom stereocenters. The van der Waals surface area contributed by atoms with E-state index in [0.717, 1.165) is 22.6 Å². The number of hydrogen-bond donors (Lipinski definition) is 1. The molecule has 0 saturated heterocycles. The van der Waals surface area contributed by atoms with Crippen molar-refractivity contribution >= 4 is 23.6 Å². The van der Waals surface area contributed by atoms with Crippen LogP contribution in [0.15, 0.2) is 53.2 Å². The minimum absolute atomic E-state index is 0.0417. The summed E-state index contributed by atoms with van der Waals surface area (Å²) < 4.78 is 7.22. The first-order valence-corrected chi connectivity index (χ1v) is 10.2. The van der Waals surface area contributed by atoms with Crippen molar-refractivity contribution in [1.29, 1.82) is 0 Å². The highest BCUT2D eigenvalue weighted by Gasteiger charge is 2.17. The van der Waals surface area contributed by atoms with E-state index in [1.807, 2.05) is 38.1 Å². The molecule has 2 aromatic heterocycles. The molecule has 0 fully saturated rings. The van der Waals surface area contributed by atoms with Crippen LogP contribution in [0.25, 0.3) is 6.08 Å². The van der Waals surface area contributed by atoms with Crippen LogP contribution >= 0.6 is 11.6 Å². The van der Waals surface area contributed by atoms with E-state index in [2.05, 4.69) is 41.6 Å². The van der Waals surface area contributed by atoms with Gasteiger partial charge in [0.15, 0.2) is 0 Å². The van der Waals surface area contributed by atoms with E-state index < -0.39 is 0 Å². The number of carbonyl (C=O) groups excluding carboxylic acids is 1. The van der Waals surface area contributed by atoms with Crippen molar-refractivity contribution in [2.45, 2.75) is 26.4 Å². The number of carbonyl (C=O) groups is 1. The molecule has 6 nitrogen and oxygen atoms in total. The van der Waals surface area contributed by atoms with Crippen molar-refractivity contribution in [3.8, 4) is 0 Å². The summed E-state index contributed by atoms with van der Waals surface area (Å²) in [7, 11) is 3.89. The van der Waals surface area contributed by atoms with Crippen LogP contribution in [0.3, 0.4) is 0 Å². The van der Waals surface area contributed by atoms with Gasteiger partial charge in [0.1, 0.15) is 10.9 Å². The van der Waals surface area contributed by atoms with E-state index in [1.54, 1.807) is 17.0 Å². The standard InChI is InChI=1S/C23H27ClN4O2/c1-16-7-9-18(10-8-16)15-28-23(24)19(17(2)26-28)11-12-22(29)25-14-20(27(3)4)21-6-5-13-30-21/h5-13,20H,14-15H2,1-4H3,(H,25,29)/b12-11+. The van der Waals surface area contributed by atoms with Crippen LogP contribution in [0.4, 0.5) is 0 Å². The molecular weight excluding hydrogens is 400 g/mol. The molecule has 0 aliphatic carbocycles. The van der Waals surface area contributed by atoms with Crippen LogP contribution in [0.2, 0.25) is 5.15 Å². The number of halogens is 1. The number of likely N-dealkylation sites (N-methyl/N-ethyl adjacent to an activating group) is 1. The maximum atomic E-state index is 12.3. The van der Waals surface area contributed by atoms with Crippen LogP contribution in [0.5, 0.6) is 0 Å². The van der Waals surface area contributed by atoms with Gasteiger partial charge in [-0.25, -0.2) is 4.68 Å². The fraction of sp³-hybridized carbons (Fsp3) is 0.304. The highest BCUT2D eigenvalue weighted by atomic mass is 35.5. The van der Waals surface area contributed by atoms with Crippen LogP contribution in [0, 0.1) is 13.8 Å². The summed E-state index contributed by atoms with van der Waals surface area (Å²) in [6.07, 6.45) is 4.83. The van der Waals surface area contributed by atoms with Gasteiger partial charge in [-0.15, -0.1) is 0 Å². The number of hydrogen-bond acceptors (Lipinski definition) is 4. The van der Waals surface area contributed by atoms with Gasteiger partial charge in [0.2, 0.25) is 5.91 Å². The third kappa shape index (κ3) is 5.40. The second-order valence-corrected chi connectivity index (χ2v) is 7.86. The fourth-order valence-corrected chi connectivity index (χ4v) is 3.46. The summed E-state index contributed by atoms with van der Waals surface area (Å²) in [5.41, 5.74) is 3.85. The summed E-state index contributed by atoms with van der Waals surface area (Å²) in [6.45, 7) is 4.95. The lowest BCUT2D eigenvalue weighted by molar-refractivity contribution is -0.116. The zero-order valence-electron chi connectivity index (χ0n) is 17.7. The van der Waals surface area contributed by atoms with Crippen molar-refractivity contribution in [1.82, 2.24) is 20.0 Å². The first-order chi connectivity index (χ1) is 14.3. The monoisotopic (exact) mass is 426 g/mol. The minimum atomic E-state index is -0.199. The van der Waals surface area contributed by atoms with Crippen LogP contribution in [-0.2, 0) is 11.3 Å². The number of aromatic nitrogens is 2. The first-order valence-electron chi connectivity index (χ1n) is 9.79. The molecule has 0 radical (unpaired) electrons. The summed E-state index contributed by atoms with van der Waals surface area (Å²) in [5.74, 6) is 0.607. The molecule has 0 saturated carbocycles. The number of rotatable bonds is 8. The van der Waals surface area contributed by atoms with Crippen molar-refractivity contribution in [3.63, 3.8) is 0 Å². The van der Waals surface area contributed by atoms with Gasteiger partial charge < -0.3 is 9.73 Å². The summed E-state index contributed by atoms with van der Waals surface area (Å²) in [6, 6.07) is 11.9. The molecule has 0 spiro atoms. The van der Waals surface area contributed by atoms with Gasteiger partial charge in [0, 0.05) is 18.2 Å². The molecule has 3 rings (SSSR count). The first kappa shape index (κ1) is 21.9. The van der Waals surface area contributed by atoms with Crippen molar-refractivity contribution in [3.05, 3.63) is 82.0 Å². The van der Waals surface area contributed by atoms with Crippen LogP contribution < -0.4 is 5.32 Å². The Kier molecular flexibility index (Phi) is 7.13. The molecule has 1 N–H and O–H groups in total. The maximum absolute atomic E-state index is 12.3. The molecule has 2 heterocycles. The van der Waals surface area contributed by atoms with Gasteiger partial charge in [0.05, 0.1) is 24.5 Å². The molecule has 1 unspecified atom stereocenters.